The minimum atomic E-state index is -0.222. The first kappa shape index (κ1) is 15.9. The first-order valence-corrected chi connectivity index (χ1v) is 9.65. The zero-order chi connectivity index (χ0) is 17.6. The number of carbonyl (C=O) groups is 1. The van der Waals surface area contributed by atoms with E-state index in [0.29, 0.717) is 0 Å². The Morgan fingerprint density at radius 1 is 1.00 bits per heavy atom. The van der Waals surface area contributed by atoms with Gasteiger partial charge in [0.25, 0.3) is 0 Å². The molecular weight excluding hydrogens is 324 g/mol. The molecule has 2 atom stereocenters. The molecule has 2 aromatic carbocycles. The van der Waals surface area contributed by atoms with Crippen molar-refractivity contribution in [3.63, 3.8) is 0 Å². The molecule has 4 heteroatoms. The summed E-state index contributed by atoms with van der Waals surface area (Å²) in [7, 11) is 0. The Hall–Kier alpha value is -2.33. The summed E-state index contributed by atoms with van der Waals surface area (Å²) in [5.74, 6) is 0. The van der Waals surface area contributed by atoms with E-state index >= 15 is 0 Å². The number of rotatable bonds is 1. The topological polar surface area (TPSA) is 35.9 Å². The monoisotopic (exact) mass is 348 g/mol. The zero-order valence-electron chi connectivity index (χ0n) is 14.9. The quantitative estimate of drug-likeness (QED) is 0.715. The van der Waals surface area contributed by atoms with Crippen LogP contribution in [0.5, 0.6) is 0 Å². The summed E-state index contributed by atoms with van der Waals surface area (Å²) >= 11 is 0. The van der Waals surface area contributed by atoms with Crippen molar-refractivity contribution in [3.8, 4) is 0 Å². The van der Waals surface area contributed by atoms with Crippen LogP contribution in [0, 0.1) is 0 Å². The lowest BCUT2D eigenvalue weighted by Gasteiger charge is -2.46. The van der Waals surface area contributed by atoms with Gasteiger partial charge >= 0.3 is 6.03 Å². The van der Waals surface area contributed by atoms with Crippen LogP contribution in [0.4, 0.5) is 4.79 Å². The number of amides is 2. The van der Waals surface area contributed by atoms with Crippen LogP contribution in [0.15, 0.2) is 54.6 Å². The van der Waals surface area contributed by atoms with Crippen molar-refractivity contribution in [3.05, 3.63) is 71.3 Å². The fourth-order valence-electron chi connectivity index (χ4n) is 4.91. The van der Waals surface area contributed by atoms with Crippen molar-refractivity contribution in [2.24, 2.45) is 0 Å². The molecule has 3 aliphatic rings. The number of likely N-dealkylation sites (tertiary alicyclic amines) is 1. The van der Waals surface area contributed by atoms with Gasteiger partial charge in [-0.1, -0.05) is 54.6 Å². The van der Waals surface area contributed by atoms with Gasteiger partial charge in [-0.25, -0.2) is 9.63 Å². The van der Waals surface area contributed by atoms with Crippen molar-refractivity contribution in [2.75, 3.05) is 13.1 Å². The van der Waals surface area contributed by atoms with Gasteiger partial charge in [-0.15, -0.1) is 0 Å². The molecule has 2 fully saturated rings. The second-order valence-corrected chi connectivity index (χ2v) is 7.79. The van der Waals surface area contributed by atoms with E-state index in [1.807, 2.05) is 35.2 Å². The van der Waals surface area contributed by atoms with E-state index in [9.17, 15) is 4.79 Å². The van der Waals surface area contributed by atoms with E-state index in [0.717, 1.165) is 31.5 Å². The lowest BCUT2D eigenvalue weighted by atomic mass is 9.66. The number of piperidine rings is 1. The van der Waals surface area contributed by atoms with Gasteiger partial charge in [0, 0.05) is 24.1 Å². The summed E-state index contributed by atoms with van der Waals surface area (Å²) in [5.41, 5.74) is 4.10. The molecule has 2 aromatic rings. The Morgan fingerprint density at radius 2 is 1.77 bits per heavy atom. The molecule has 0 radical (unpaired) electrons. The average Bonchev–Trinajstić information content (AvgIpc) is 3.50. The molecule has 2 unspecified atom stereocenters. The van der Waals surface area contributed by atoms with Crippen LogP contribution in [0.3, 0.4) is 0 Å². The molecule has 2 aliphatic heterocycles. The fraction of sp³-hybridized carbons (Fsp3) is 0.409. The molecule has 2 amide bonds. The lowest BCUT2D eigenvalue weighted by Crippen LogP contribution is -2.51. The third-order valence-electron chi connectivity index (χ3n) is 6.19. The maximum Gasteiger partial charge on any atom is 0.346 e. The first-order chi connectivity index (χ1) is 12.8. The maximum atomic E-state index is 13.0. The molecule has 0 N–H and O–H groups in total. The molecule has 1 spiro atoms. The SMILES string of the molecule is O=C(N1CCCC2(CCCc3ccccc32)C1)N1OC1c1ccccc1. The van der Waals surface area contributed by atoms with E-state index in [1.165, 1.54) is 35.5 Å². The van der Waals surface area contributed by atoms with E-state index in [4.69, 9.17) is 4.84 Å². The number of carbonyl (C=O) groups excluding carboxylic acids is 1. The summed E-state index contributed by atoms with van der Waals surface area (Å²) in [4.78, 5) is 20.6. The highest BCUT2D eigenvalue weighted by Crippen LogP contribution is 2.45. The predicted molar refractivity (Wildman–Crippen MR) is 99.4 cm³/mol. The van der Waals surface area contributed by atoms with Crippen LogP contribution < -0.4 is 0 Å². The summed E-state index contributed by atoms with van der Waals surface area (Å²) in [6.07, 6.45) is 5.57. The van der Waals surface area contributed by atoms with Gasteiger partial charge < -0.3 is 4.90 Å². The molecule has 0 bridgehead atoms. The minimum Gasteiger partial charge on any atom is -0.322 e. The van der Waals surface area contributed by atoms with E-state index in [-0.39, 0.29) is 17.7 Å². The molecule has 2 heterocycles. The summed E-state index contributed by atoms with van der Waals surface area (Å²) in [5, 5.41) is 1.53. The Bertz CT molecular complexity index is 822. The standard InChI is InChI=1S/C22H24N2O2/c25-21(24-20(26-24)18-9-2-1-3-10-18)23-15-7-14-22(16-23)13-6-11-17-8-4-5-12-19(17)22/h1-5,8-10,12,20H,6-7,11,13-16H2. The fourth-order valence-corrected chi connectivity index (χ4v) is 4.91. The highest BCUT2D eigenvalue weighted by Gasteiger charge is 2.48. The Labute approximate surface area is 154 Å². The third kappa shape index (κ3) is 2.60. The van der Waals surface area contributed by atoms with Crippen molar-refractivity contribution in [2.45, 2.75) is 43.7 Å². The summed E-state index contributed by atoms with van der Waals surface area (Å²) < 4.78 is 0. The number of hydrogen-bond acceptors (Lipinski definition) is 2. The van der Waals surface area contributed by atoms with Crippen LogP contribution in [-0.4, -0.2) is 29.1 Å². The second-order valence-electron chi connectivity index (χ2n) is 7.79. The Morgan fingerprint density at radius 3 is 2.65 bits per heavy atom. The van der Waals surface area contributed by atoms with Crippen molar-refractivity contribution < 1.29 is 9.63 Å². The number of urea groups is 1. The van der Waals surface area contributed by atoms with Gasteiger partial charge in [-0.05, 0) is 43.2 Å². The lowest BCUT2D eigenvalue weighted by molar-refractivity contribution is 0.102. The number of hydrogen-bond donors (Lipinski definition) is 0. The van der Waals surface area contributed by atoms with Crippen molar-refractivity contribution >= 4 is 6.03 Å². The minimum absolute atomic E-state index is 0.0148. The molecule has 26 heavy (non-hydrogen) atoms. The highest BCUT2D eigenvalue weighted by atomic mass is 16.8. The molecule has 0 aromatic heterocycles. The number of benzene rings is 2. The second kappa shape index (κ2) is 6.13. The Kier molecular flexibility index (Phi) is 3.75. The van der Waals surface area contributed by atoms with Gasteiger partial charge in [0.2, 0.25) is 6.23 Å². The van der Waals surface area contributed by atoms with Crippen LogP contribution in [0.25, 0.3) is 0 Å². The van der Waals surface area contributed by atoms with Gasteiger partial charge in [-0.3, -0.25) is 0 Å². The van der Waals surface area contributed by atoms with Crippen LogP contribution >= 0.6 is 0 Å². The molecule has 1 aliphatic carbocycles. The Balaban J connectivity index is 1.35. The smallest absolute Gasteiger partial charge is 0.322 e. The number of aryl methyl sites for hydroxylation is 1. The molecule has 2 saturated heterocycles. The van der Waals surface area contributed by atoms with Gasteiger partial charge in [-0.2, -0.15) is 5.06 Å². The van der Waals surface area contributed by atoms with Crippen LogP contribution in [-0.2, 0) is 16.7 Å². The van der Waals surface area contributed by atoms with Gasteiger partial charge in [0.05, 0.1) is 0 Å². The predicted octanol–water partition coefficient (Wildman–Crippen LogP) is 4.42. The summed E-state index contributed by atoms with van der Waals surface area (Å²) in [6.45, 7) is 1.63. The van der Waals surface area contributed by atoms with E-state index < -0.39 is 0 Å². The molecule has 134 valence electrons. The maximum absolute atomic E-state index is 13.0. The number of fused-ring (bicyclic) bond motifs is 2. The molecule has 5 rings (SSSR count). The van der Waals surface area contributed by atoms with Gasteiger partial charge in [0.15, 0.2) is 0 Å². The van der Waals surface area contributed by atoms with Gasteiger partial charge in [0.1, 0.15) is 0 Å². The highest BCUT2D eigenvalue weighted by molar-refractivity contribution is 5.75. The zero-order valence-corrected chi connectivity index (χ0v) is 14.9. The van der Waals surface area contributed by atoms with Crippen molar-refractivity contribution in [1.29, 1.82) is 0 Å². The molecule has 0 saturated carbocycles. The summed E-state index contributed by atoms with van der Waals surface area (Å²) in [6, 6.07) is 18.8. The normalized spacial score (nSPS) is 27.3. The average molecular weight is 348 g/mol. The van der Waals surface area contributed by atoms with Crippen LogP contribution in [0.1, 0.15) is 48.6 Å². The van der Waals surface area contributed by atoms with E-state index in [1.54, 1.807) is 0 Å². The third-order valence-corrected chi connectivity index (χ3v) is 6.19. The largest absolute Gasteiger partial charge is 0.346 e. The number of hydroxylamine groups is 2. The van der Waals surface area contributed by atoms with Crippen molar-refractivity contribution in [1.82, 2.24) is 9.96 Å². The molecular formula is C22H24N2O2. The van der Waals surface area contributed by atoms with E-state index in [2.05, 4.69) is 24.3 Å². The van der Waals surface area contributed by atoms with Crippen LogP contribution in [0.2, 0.25) is 0 Å². The number of nitrogens with zero attached hydrogens (tertiary/aromatic N) is 2. The first-order valence-electron chi connectivity index (χ1n) is 9.65. The molecule has 4 nitrogen and oxygen atoms in total.